The van der Waals surface area contributed by atoms with Crippen LogP contribution in [0.25, 0.3) is 5.69 Å². The first-order valence-electron chi connectivity index (χ1n) is 4.88. The van der Waals surface area contributed by atoms with Crippen molar-refractivity contribution in [3.63, 3.8) is 0 Å². The molecule has 16 heavy (non-hydrogen) atoms. The van der Waals surface area contributed by atoms with E-state index in [2.05, 4.69) is 10.1 Å². The van der Waals surface area contributed by atoms with E-state index in [1.807, 2.05) is 31.2 Å². The first-order chi connectivity index (χ1) is 7.70. The van der Waals surface area contributed by atoms with Crippen LogP contribution in [0.4, 0.5) is 0 Å². The fourth-order valence-electron chi connectivity index (χ4n) is 1.37. The third-order valence-electron chi connectivity index (χ3n) is 2.16. The number of aryl methyl sites for hydroxylation is 1. The topological polar surface area (TPSA) is 39.9 Å². The molecule has 2 rings (SSSR count). The molecule has 4 nitrogen and oxygen atoms in total. The molecule has 0 spiro atoms. The highest BCUT2D eigenvalue weighted by atomic mass is 35.5. The normalized spacial score (nSPS) is 10.7. The Hall–Kier alpha value is -1.39. The molecule has 0 aliphatic rings. The van der Waals surface area contributed by atoms with Gasteiger partial charge in [0.05, 0.1) is 5.69 Å². The van der Waals surface area contributed by atoms with E-state index in [0.717, 1.165) is 5.69 Å². The molecule has 0 saturated carbocycles. The van der Waals surface area contributed by atoms with Gasteiger partial charge in [0.1, 0.15) is 6.61 Å². The Labute approximate surface area is 98.8 Å². The summed E-state index contributed by atoms with van der Waals surface area (Å²) >= 11 is 5.99. The Balaban J connectivity index is 2.36. The van der Waals surface area contributed by atoms with Gasteiger partial charge in [-0.1, -0.05) is 17.7 Å². The maximum absolute atomic E-state index is 5.99. The zero-order valence-corrected chi connectivity index (χ0v) is 9.90. The molecule has 0 radical (unpaired) electrons. The van der Waals surface area contributed by atoms with Crippen LogP contribution in [0, 0.1) is 6.92 Å². The summed E-state index contributed by atoms with van der Waals surface area (Å²) in [5, 5.41) is 4.59. The number of hydrogen-bond acceptors (Lipinski definition) is 3. The molecule has 0 aliphatic carbocycles. The molecular weight excluding hydrogens is 226 g/mol. The van der Waals surface area contributed by atoms with Crippen LogP contribution in [0.1, 0.15) is 11.4 Å². The molecule has 2 aromatic rings. The van der Waals surface area contributed by atoms with Crippen LogP contribution in [0.2, 0.25) is 5.28 Å². The lowest BCUT2D eigenvalue weighted by Crippen LogP contribution is -1.98. The van der Waals surface area contributed by atoms with Crippen LogP contribution in [0.15, 0.2) is 24.3 Å². The van der Waals surface area contributed by atoms with Gasteiger partial charge in [0.15, 0.2) is 5.82 Å². The molecule has 0 amide bonds. The van der Waals surface area contributed by atoms with Crippen LogP contribution in [-0.2, 0) is 11.3 Å². The van der Waals surface area contributed by atoms with Crippen molar-refractivity contribution in [2.45, 2.75) is 13.5 Å². The SMILES string of the molecule is COCc1nc(Cl)n(-c2ccc(C)cc2)n1. The molecule has 1 aromatic heterocycles. The highest BCUT2D eigenvalue weighted by Crippen LogP contribution is 2.14. The molecule has 0 saturated heterocycles. The summed E-state index contributed by atoms with van der Waals surface area (Å²) in [7, 11) is 1.60. The van der Waals surface area contributed by atoms with E-state index >= 15 is 0 Å². The van der Waals surface area contributed by atoms with Gasteiger partial charge in [-0.2, -0.15) is 4.98 Å². The van der Waals surface area contributed by atoms with Gasteiger partial charge in [-0.25, -0.2) is 4.68 Å². The number of rotatable bonds is 3. The molecule has 0 unspecified atom stereocenters. The maximum atomic E-state index is 5.99. The summed E-state index contributed by atoms with van der Waals surface area (Å²) in [6.07, 6.45) is 0. The van der Waals surface area contributed by atoms with Crippen molar-refractivity contribution in [2.75, 3.05) is 7.11 Å². The molecular formula is C11H12ClN3O. The fraction of sp³-hybridized carbons (Fsp3) is 0.273. The Morgan fingerprint density at radius 2 is 2.00 bits per heavy atom. The third-order valence-corrected chi connectivity index (χ3v) is 2.41. The van der Waals surface area contributed by atoms with Crippen molar-refractivity contribution in [3.05, 3.63) is 40.9 Å². The molecule has 0 aliphatic heterocycles. The van der Waals surface area contributed by atoms with Gasteiger partial charge in [-0.05, 0) is 30.7 Å². The molecule has 84 valence electrons. The van der Waals surface area contributed by atoms with Gasteiger partial charge in [-0.3, -0.25) is 0 Å². The lowest BCUT2D eigenvalue weighted by Gasteiger charge is -2.01. The van der Waals surface area contributed by atoms with Crippen molar-refractivity contribution >= 4 is 11.6 Å². The van der Waals surface area contributed by atoms with Crippen molar-refractivity contribution < 1.29 is 4.74 Å². The minimum Gasteiger partial charge on any atom is -0.377 e. The number of hydrogen-bond donors (Lipinski definition) is 0. The van der Waals surface area contributed by atoms with Crippen LogP contribution < -0.4 is 0 Å². The second kappa shape index (κ2) is 4.63. The summed E-state index contributed by atoms with van der Waals surface area (Å²) in [5.74, 6) is 0.577. The second-order valence-electron chi connectivity index (χ2n) is 3.48. The summed E-state index contributed by atoms with van der Waals surface area (Å²) in [4.78, 5) is 4.09. The number of nitrogens with zero attached hydrogens (tertiary/aromatic N) is 3. The van der Waals surface area contributed by atoms with E-state index in [1.54, 1.807) is 11.8 Å². The van der Waals surface area contributed by atoms with E-state index in [0.29, 0.717) is 17.7 Å². The Kier molecular flexibility index (Phi) is 3.22. The maximum Gasteiger partial charge on any atom is 0.226 e. The number of methoxy groups -OCH3 is 1. The summed E-state index contributed by atoms with van der Waals surface area (Å²) in [6, 6.07) is 7.91. The van der Waals surface area contributed by atoms with Gasteiger partial charge in [-0.15, -0.1) is 5.10 Å². The first kappa shape index (κ1) is 11.1. The highest BCUT2D eigenvalue weighted by molar-refractivity contribution is 6.28. The van der Waals surface area contributed by atoms with E-state index in [4.69, 9.17) is 16.3 Å². The smallest absolute Gasteiger partial charge is 0.226 e. The van der Waals surface area contributed by atoms with Crippen molar-refractivity contribution in [3.8, 4) is 5.69 Å². The van der Waals surface area contributed by atoms with Crippen molar-refractivity contribution in [1.29, 1.82) is 0 Å². The van der Waals surface area contributed by atoms with E-state index in [1.165, 1.54) is 5.56 Å². The minimum atomic E-state index is 0.343. The Bertz CT molecular complexity index is 478. The standard InChI is InChI=1S/C11H12ClN3O/c1-8-3-5-9(6-4-8)15-11(12)13-10(14-15)7-16-2/h3-6H,7H2,1-2H3. The van der Waals surface area contributed by atoms with Crippen molar-refractivity contribution in [2.24, 2.45) is 0 Å². The highest BCUT2D eigenvalue weighted by Gasteiger charge is 2.08. The summed E-state index contributed by atoms with van der Waals surface area (Å²) < 4.78 is 6.55. The molecule has 0 atom stereocenters. The van der Waals surface area contributed by atoms with Gasteiger partial charge < -0.3 is 4.74 Å². The molecule has 0 fully saturated rings. The van der Waals surface area contributed by atoms with Crippen LogP contribution in [0.5, 0.6) is 0 Å². The number of aromatic nitrogens is 3. The zero-order valence-electron chi connectivity index (χ0n) is 9.14. The van der Waals surface area contributed by atoms with E-state index in [-0.39, 0.29) is 0 Å². The average Bonchev–Trinajstić information content (AvgIpc) is 2.61. The second-order valence-corrected chi connectivity index (χ2v) is 3.82. The van der Waals surface area contributed by atoms with Crippen molar-refractivity contribution in [1.82, 2.24) is 14.8 Å². The number of benzene rings is 1. The van der Waals surface area contributed by atoms with Gasteiger partial charge in [0.25, 0.3) is 0 Å². The van der Waals surface area contributed by atoms with E-state index in [9.17, 15) is 0 Å². The largest absolute Gasteiger partial charge is 0.377 e. The predicted molar refractivity (Wildman–Crippen MR) is 61.8 cm³/mol. The number of halogens is 1. The van der Waals surface area contributed by atoms with Crippen LogP contribution in [0.3, 0.4) is 0 Å². The van der Waals surface area contributed by atoms with Crippen LogP contribution >= 0.6 is 11.6 Å². The molecule has 0 N–H and O–H groups in total. The average molecular weight is 238 g/mol. The van der Waals surface area contributed by atoms with Gasteiger partial charge in [0, 0.05) is 7.11 Å². The minimum absolute atomic E-state index is 0.343. The molecule has 5 heteroatoms. The fourth-order valence-corrected chi connectivity index (χ4v) is 1.61. The summed E-state index contributed by atoms with van der Waals surface area (Å²) in [5.41, 5.74) is 2.09. The van der Waals surface area contributed by atoms with Gasteiger partial charge in [0.2, 0.25) is 5.28 Å². The Morgan fingerprint density at radius 3 is 2.62 bits per heavy atom. The quantitative estimate of drug-likeness (QED) is 0.823. The third kappa shape index (κ3) is 2.23. The zero-order chi connectivity index (χ0) is 11.5. The molecule has 1 heterocycles. The summed E-state index contributed by atoms with van der Waals surface area (Å²) in [6.45, 7) is 2.39. The number of ether oxygens (including phenoxy) is 1. The van der Waals surface area contributed by atoms with Gasteiger partial charge >= 0.3 is 0 Å². The predicted octanol–water partition coefficient (Wildman–Crippen LogP) is 2.38. The lowest BCUT2D eigenvalue weighted by molar-refractivity contribution is 0.178. The van der Waals surface area contributed by atoms with Crippen LogP contribution in [-0.4, -0.2) is 21.9 Å². The molecule has 1 aromatic carbocycles. The van der Waals surface area contributed by atoms with E-state index < -0.39 is 0 Å². The first-order valence-corrected chi connectivity index (χ1v) is 5.26. The molecule has 0 bridgehead atoms. The monoisotopic (exact) mass is 237 g/mol. The Morgan fingerprint density at radius 1 is 1.31 bits per heavy atom. The lowest BCUT2D eigenvalue weighted by atomic mass is 10.2.